The van der Waals surface area contributed by atoms with Crippen LogP contribution < -0.4 is 5.56 Å². The molecule has 0 atom stereocenters. The van der Waals surface area contributed by atoms with Gasteiger partial charge in [0, 0.05) is 33.0 Å². The minimum atomic E-state index is -3.22. The number of hydrogen-bond acceptors (Lipinski definition) is 6. The lowest BCUT2D eigenvalue weighted by molar-refractivity contribution is 0.0743. The molecule has 0 aliphatic carbocycles. The van der Waals surface area contributed by atoms with Gasteiger partial charge in [-0.1, -0.05) is 23.9 Å². The van der Waals surface area contributed by atoms with E-state index in [-0.39, 0.29) is 17.4 Å². The fourth-order valence-electron chi connectivity index (χ4n) is 2.58. The molecule has 0 unspecified atom stereocenters. The molecule has 2 rings (SSSR count). The highest BCUT2D eigenvalue weighted by molar-refractivity contribution is 7.99. The summed E-state index contributed by atoms with van der Waals surface area (Å²) >= 11 is 1.42. The normalized spacial score (nSPS) is 12.4. The summed E-state index contributed by atoms with van der Waals surface area (Å²) in [6, 6.07) is 7.29. The van der Waals surface area contributed by atoms with E-state index in [1.54, 1.807) is 10.6 Å². The van der Waals surface area contributed by atoms with Crippen LogP contribution in [-0.2, 0) is 21.3 Å². The number of thioether (sulfide) groups is 1. The second-order valence-electron chi connectivity index (χ2n) is 6.94. The average Bonchev–Trinajstić information content (AvgIpc) is 2.63. The number of para-hydroxylation sites is 1. The maximum Gasteiger partial charge on any atom is 0.262 e. The van der Waals surface area contributed by atoms with E-state index >= 15 is 0 Å². The van der Waals surface area contributed by atoms with Crippen LogP contribution in [0, 0.1) is 0 Å². The molecule has 1 aromatic heterocycles. The zero-order chi connectivity index (χ0) is 20.7. The number of benzene rings is 1. The molecule has 0 fully saturated rings. The van der Waals surface area contributed by atoms with Crippen LogP contribution in [0.5, 0.6) is 0 Å². The Morgan fingerprint density at radius 1 is 1.21 bits per heavy atom. The molecule has 28 heavy (non-hydrogen) atoms. The first-order chi connectivity index (χ1) is 13.2. The third-order valence-electron chi connectivity index (χ3n) is 4.14. The van der Waals surface area contributed by atoms with E-state index in [0.29, 0.717) is 47.8 Å². The molecule has 0 radical (unpaired) electrons. The monoisotopic (exact) mass is 427 g/mol. The lowest BCUT2D eigenvalue weighted by Crippen LogP contribution is -2.26. The van der Waals surface area contributed by atoms with Gasteiger partial charge in [-0.2, -0.15) is 0 Å². The highest BCUT2D eigenvalue weighted by atomic mass is 32.2. The summed E-state index contributed by atoms with van der Waals surface area (Å²) < 4.78 is 32.3. The van der Waals surface area contributed by atoms with Gasteiger partial charge in [0.25, 0.3) is 5.56 Å². The van der Waals surface area contributed by atoms with Crippen LogP contribution in [-0.4, -0.2) is 60.6 Å². The highest BCUT2D eigenvalue weighted by Crippen LogP contribution is 2.19. The maximum absolute atomic E-state index is 12.9. The largest absolute Gasteiger partial charge is 0.379 e. The Labute approximate surface area is 171 Å². The van der Waals surface area contributed by atoms with Gasteiger partial charge in [-0.3, -0.25) is 9.36 Å². The molecule has 0 N–H and O–H groups in total. The highest BCUT2D eigenvalue weighted by Gasteiger charge is 2.15. The predicted octanol–water partition coefficient (Wildman–Crippen LogP) is 2.59. The van der Waals surface area contributed by atoms with Gasteiger partial charge >= 0.3 is 0 Å². The number of hydrogen-bond donors (Lipinski definition) is 0. The summed E-state index contributed by atoms with van der Waals surface area (Å²) in [5.41, 5.74) is 0.587. The third kappa shape index (κ3) is 6.30. The molecule has 0 saturated carbocycles. The first-order valence-electron chi connectivity index (χ1n) is 9.36. The molecule has 7 nitrogen and oxygen atoms in total. The Morgan fingerprint density at radius 2 is 1.93 bits per heavy atom. The molecular formula is C19H29N3O4S2. The van der Waals surface area contributed by atoms with Crippen molar-refractivity contribution >= 4 is 32.7 Å². The quantitative estimate of drug-likeness (QED) is 0.311. The van der Waals surface area contributed by atoms with Crippen LogP contribution in [0.15, 0.2) is 34.2 Å². The fraction of sp³-hybridized carbons (Fsp3) is 0.579. The minimum Gasteiger partial charge on any atom is -0.379 e. The Hall–Kier alpha value is -1.42. The van der Waals surface area contributed by atoms with Crippen molar-refractivity contribution < 1.29 is 13.2 Å². The van der Waals surface area contributed by atoms with Crippen molar-refractivity contribution in [3.63, 3.8) is 0 Å². The number of aromatic nitrogens is 2. The van der Waals surface area contributed by atoms with E-state index < -0.39 is 10.0 Å². The summed E-state index contributed by atoms with van der Waals surface area (Å²) in [6.45, 7) is 5.05. The number of ether oxygens (including phenoxy) is 1. The molecule has 1 heterocycles. The lowest BCUT2D eigenvalue weighted by Gasteiger charge is -2.14. The first-order valence-corrected chi connectivity index (χ1v) is 12.0. The topological polar surface area (TPSA) is 81.5 Å². The van der Waals surface area contributed by atoms with Crippen molar-refractivity contribution in [3.05, 3.63) is 34.6 Å². The van der Waals surface area contributed by atoms with E-state index in [0.717, 1.165) is 0 Å². The van der Waals surface area contributed by atoms with Crippen molar-refractivity contribution in [1.82, 2.24) is 13.9 Å². The van der Waals surface area contributed by atoms with E-state index in [9.17, 15) is 13.2 Å². The molecule has 1 aromatic carbocycles. The summed E-state index contributed by atoms with van der Waals surface area (Å²) in [6.07, 6.45) is 1.35. The van der Waals surface area contributed by atoms with Crippen molar-refractivity contribution in [3.8, 4) is 0 Å². The van der Waals surface area contributed by atoms with Crippen LogP contribution in [0.3, 0.4) is 0 Å². The standard InChI is InChI=1S/C19H29N3O4S2/c1-15(2)26-12-7-11-22-18(23)16-9-5-6-10-17(16)20-19(22)27-13-8-14-28(24,25)21(3)4/h5-6,9-10,15H,7-8,11-14H2,1-4H3. The van der Waals surface area contributed by atoms with Gasteiger partial charge in [0.05, 0.1) is 22.8 Å². The van der Waals surface area contributed by atoms with Crippen molar-refractivity contribution in [2.45, 2.75) is 44.5 Å². The molecule has 0 aliphatic rings. The summed E-state index contributed by atoms with van der Waals surface area (Å²) in [5, 5.41) is 1.21. The maximum atomic E-state index is 12.9. The molecule has 0 amide bonds. The third-order valence-corrected chi connectivity index (χ3v) is 7.12. The van der Waals surface area contributed by atoms with Crippen LogP contribution in [0.2, 0.25) is 0 Å². The number of sulfonamides is 1. The minimum absolute atomic E-state index is 0.0708. The summed E-state index contributed by atoms with van der Waals surface area (Å²) in [4.78, 5) is 17.6. The summed E-state index contributed by atoms with van der Waals surface area (Å²) in [7, 11) is -0.153. The molecule has 2 aromatic rings. The van der Waals surface area contributed by atoms with Crippen molar-refractivity contribution in [1.29, 1.82) is 0 Å². The molecule has 0 bridgehead atoms. The van der Waals surface area contributed by atoms with E-state index in [4.69, 9.17) is 4.74 Å². The van der Waals surface area contributed by atoms with E-state index in [2.05, 4.69) is 4.98 Å². The number of nitrogens with zero attached hydrogens (tertiary/aromatic N) is 3. The Bertz CT molecular complexity index is 940. The number of rotatable bonds is 11. The van der Waals surface area contributed by atoms with Gasteiger partial charge < -0.3 is 4.74 Å². The molecule has 0 spiro atoms. The SMILES string of the molecule is CC(C)OCCCn1c(SCCCS(=O)(=O)N(C)C)nc2ccccc2c1=O. The molecular weight excluding hydrogens is 398 g/mol. The molecule has 156 valence electrons. The molecule has 9 heteroatoms. The van der Waals surface area contributed by atoms with Gasteiger partial charge in [-0.15, -0.1) is 0 Å². The predicted molar refractivity (Wildman–Crippen MR) is 115 cm³/mol. The van der Waals surface area contributed by atoms with Crippen LogP contribution in [0.25, 0.3) is 10.9 Å². The fourth-order valence-corrected chi connectivity index (χ4v) is 4.61. The van der Waals surface area contributed by atoms with Crippen molar-refractivity contribution in [2.75, 3.05) is 32.2 Å². The number of fused-ring (bicyclic) bond motifs is 1. The smallest absolute Gasteiger partial charge is 0.262 e. The molecule has 0 saturated heterocycles. The zero-order valence-electron chi connectivity index (χ0n) is 16.9. The van der Waals surface area contributed by atoms with Crippen LogP contribution >= 0.6 is 11.8 Å². The average molecular weight is 428 g/mol. The Kier molecular flexibility index (Phi) is 8.48. The first kappa shape index (κ1) is 22.9. The van der Waals surface area contributed by atoms with Gasteiger partial charge in [0.2, 0.25) is 10.0 Å². The second kappa shape index (κ2) is 10.4. The van der Waals surface area contributed by atoms with E-state index in [1.165, 1.54) is 30.2 Å². The van der Waals surface area contributed by atoms with Gasteiger partial charge in [-0.25, -0.2) is 17.7 Å². The van der Waals surface area contributed by atoms with Gasteiger partial charge in [-0.05, 0) is 38.8 Å². The van der Waals surface area contributed by atoms with Gasteiger partial charge in [0.1, 0.15) is 0 Å². The van der Waals surface area contributed by atoms with Crippen molar-refractivity contribution in [2.24, 2.45) is 0 Å². The van der Waals surface area contributed by atoms with E-state index in [1.807, 2.05) is 32.0 Å². The summed E-state index contributed by atoms with van der Waals surface area (Å²) in [5.74, 6) is 0.646. The van der Waals surface area contributed by atoms with Crippen LogP contribution in [0.1, 0.15) is 26.7 Å². The Morgan fingerprint density at radius 3 is 2.61 bits per heavy atom. The Balaban J connectivity index is 2.15. The van der Waals surface area contributed by atoms with Gasteiger partial charge in [0.15, 0.2) is 5.16 Å². The van der Waals surface area contributed by atoms with Crippen LogP contribution in [0.4, 0.5) is 0 Å². The molecule has 0 aliphatic heterocycles. The zero-order valence-corrected chi connectivity index (χ0v) is 18.6. The lowest BCUT2D eigenvalue weighted by atomic mass is 10.2. The second-order valence-corrected chi connectivity index (χ2v) is 10.3.